The summed E-state index contributed by atoms with van der Waals surface area (Å²) in [6.07, 6.45) is 1.43. The zero-order valence-corrected chi connectivity index (χ0v) is 14.3. The molecule has 0 atom stereocenters. The minimum Gasteiger partial charge on any atom is -0.497 e. The molecule has 0 fully saturated rings. The van der Waals surface area contributed by atoms with Crippen molar-refractivity contribution >= 4 is 33.5 Å². The van der Waals surface area contributed by atoms with Gasteiger partial charge in [0.25, 0.3) is 0 Å². The molecule has 0 unspecified atom stereocenters. The van der Waals surface area contributed by atoms with Gasteiger partial charge in [0, 0.05) is 6.20 Å². The highest BCUT2D eigenvalue weighted by atomic mass is 79.9. The fourth-order valence-corrected chi connectivity index (χ4v) is 2.39. The molecule has 2 rings (SSSR count). The molecule has 22 heavy (non-hydrogen) atoms. The monoisotopic (exact) mass is 385 g/mol. The van der Waals surface area contributed by atoms with Crippen molar-refractivity contribution in [3.8, 4) is 11.5 Å². The molecule has 0 radical (unpaired) electrons. The first-order valence-electron chi connectivity index (χ1n) is 6.25. The minimum atomic E-state index is -0.555. The highest BCUT2D eigenvalue weighted by molar-refractivity contribution is 9.10. The summed E-state index contributed by atoms with van der Waals surface area (Å²) in [4.78, 5) is 15.8. The number of pyridine rings is 1. The van der Waals surface area contributed by atoms with Crippen molar-refractivity contribution in [1.82, 2.24) is 4.98 Å². The molecule has 2 aromatic rings. The Labute approximate surface area is 141 Å². The molecule has 0 aliphatic carbocycles. The summed E-state index contributed by atoms with van der Waals surface area (Å²) < 4.78 is 16.0. The van der Waals surface area contributed by atoms with E-state index in [1.54, 1.807) is 7.11 Å². The lowest BCUT2D eigenvalue weighted by atomic mass is 10.2. The Kier molecular flexibility index (Phi) is 5.63. The van der Waals surface area contributed by atoms with Crippen LogP contribution in [0.2, 0.25) is 5.15 Å². The van der Waals surface area contributed by atoms with Crippen molar-refractivity contribution in [1.29, 1.82) is 0 Å². The minimum absolute atomic E-state index is 0.0945. The molecule has 1 aromatic carbocycles. The van der Waals surface area contributed by atoms with Crippen molar-refractivity contribution in [2.45, 2.75) is 6.61 Å². The number of aromatic nitrogens is 1. The van der Waals surface area contributed by atoms with E-state index in [1.807, 2.05) is 24.3 Å². The summed E-state index contributed by atoms with van der Waals surface area (Å²) in [7, 11) is 2.89. The first-order valence-corrected chi connectivity index (χ1v) is 7.42. The number of carbonyl (C=O) groups is 1. The second-order valence-electron chi connectivity index (χ2n) is 4.23. The summed E-state index contributed by atoms with van der Waals surface area (Å²) in [6, 6.07) is 7.35. The molecule has 0 aliphatic rings. The molecule has 5 nitrogen and oxygen atoms in total. The lowest BCUT2D eigenvalue weighted by Gasteiger charge is -2.13. The molecule has 0 N–H and O–H groups in total. The predicted octanol–water partition coefficient (Wildman–Crippen LogP) is 3.87. The molecule has 1 heterocycles. The molecule has 0 saturated heterocycles. The normalized spacial score (nSPS) is 10.2. The smallest absolute Gasteiger partial charge is 0.342 e. The number of rotatable bonds is 5. The lowest BCUT2D eigenvalue weighted by molar-refractivity contribution is 0.0594. The van der Waals surface area contributed by atoms with Gasteiger partial charge in [-0.05, 0) is 33.6 Å². The van der Waals surface area contributed by atoms with E-state index >= 15 is 0 Å². The molecule has 0 aliphatic heterocycles. The molecular formula is C15H13BrClNO4. The van der Waals surface area contributed by atoms with Crippen LogP contribution in [0, 0.1) is 0 Å². The van der Waals surface area contributed by atoms with Crippen molar-refractivity contribution in [2.75, 3.05) is 14.2 Å². The molecule has 0 saturated carbocycles. The first kappa shape index (κ1) is 16.6. The molecule has 7 heteroatoms. The van der Waals surface area contributed by atoms with Crippen LogP contribution in [0.5, 0.6) is 11.5 Å². The van der Waals surface area contributed by atoms with Crippen molar-refractivity contribution in [3.63, 3.8) is 0 Å². The average molecular weight is 387 g/mol. The zero-order chi connectivity index (χ0) is 16.1. The highest BCUT2D eigenvalue weighted by Crippen LogP contribution is 2.33. The second-order valence-corrected chi connectivity index (χ2v) is 5.44. The van der Waals surface area contributed by atoms with Gasteiger partial charge in [0.1, 0.15) is 17.9 Å². The Bertz CT molecular complexity index is 676. The van der Waals surface area contributed by atoms with Crippen LogP contribution in [-0.2, 0) is 11.3 Å². The maximum Gasteiger partial charge on any atom is 0.342 e. The number of benzene rings is 1. The van der Waals surface area contributed by atoms with Crippen LogP contribution in [0.1, 0.15) is 15.9 Å². The molecule has 0 spiro atoms. The topological polar surface area (TPSA) is 57.7 Å². The standard InChI is InChI=1S/C15H13BrClNO4/c1-20-10-5-3-9(4-6-10)8-22-13-12(15(19)21-2)11(16)7-18-14(13)17/h3-7H,8H2,1-2H3. The molecule has 1 aromatic heterocycles. The van der Waals surface area contributed by atoms with Crippen LogP contribution in [0.25, 0.3) is 0 Å². The van der Waals surface area contributed by atoms with Gasteiger partial charge in [0.15, 0.2) is 10.9 Å². The summed E-state index contributed by atoms with van der Waals surface area (Å²) >= 11 is 9.28. The maximum absolute atomic E-state index is 11.9. The van der Waals surface area contributed by atoms with Crippen LogP contribution in [-0.4, -0.2) is 25.2 Å². The van der Waals surface area contributed by atoms with E-state index in [0.717, 1.165) is 11.3 Å². The second kappa shape index (κ2) is 7.47. The molecule has 116 valence electrons. The van der Waals surface area contributed by atoms with Gasteiger partial charge >= 0.3 is 5.97 Å². The van der Waals surface area contributed by atoms with Gasteiger partial charge in [-0.1, -0.05) is 23.7 Å². The Balaban J connectivity index is 2.24. The molecular weight excluding hydrogens is 374 g/mol. The number of esters is 1. The van der Waals surface area contributed by atoms with Crippen LogP contribution in [0.3, 0.4) is 0 Å². The predicted molar refractivity (Wildman–Crippen MR) is 85.6 cm³/mol. The third-order valence-electron chi connectivity index (χ3n) is 2.88. The van der Waals surface area contributed by atoms with Crippen LogP contribution < -0.4 is 9.47 Å². The van der Waals surface area contributed by atoms with Gasteiger partial charge in [-0.15, -0.1) is 0 Å². The Morgan fingerprint density at radius 2 is 1.95 bits per heavy atom. The van der Waals surface area contributed by atoms with E-state index in [9.17, 15) is 4.79 Å². The zero-order valence-electron chi connectivity index (χ0n) is 11.9. The van der Waals surface area contributed by atoms with E-state index in [0.29, 0.717) is 4.47 Å². The Morgan fingerprint density at radius 3 is 2.55 bits per heavy atom. The number of hydrogen-bond donors (Lipinski definition) is 0. The largest absolute Gasteiger partial charge is 0.497 e. The maximum atomic E-state index is 11.9. The molecule has 0 bridgehead atoms. The fourth-order valence-electron chi connectivity index (χ4n) is 1.75. The van der Waals surface area contributed by atoms with E-state index in [1.165, 1.54) is 13.3 Å². The average Bonchev–Trinajstić information content (AvgIpc) is 2.55. The van der Waals surface area contributed by atoms with Crippen molar-refractivity contribution in [3.05, 3.63) is 51.2 Å². The van der Waals surface area contributed by atoms with E-state index in [2.05, 4.69) is 20.9 Å². The number of nitrogens with zero attached hydrogens (tertiary/aromatic N) is 1. The number of ether oxygens (including phenoxy) is 3. The van der Waals surface area contributed by atoms with Gasteiger partial charge in [0.2, 0.25) is 0 Å². The van der Waals surface area contributed by atoms with Crippen LogP contribution >= 0.6 is 27.5 Å². The number of hydrogen-bond acceptors (Lipinski definition) is 5. The third-order valence-corrected chi connectivity index (χ3v) is 3.75. The van der Waals surface area contributed by atoms with Crippen LogP contribution in [0.4, 0.5) is 0 Å². The molecule has 0 amide bonds. The Morgan fingerprint density at radius 1 is 1.27 bits per heavy atom. The third kappa shape index (κ3) is 3.69. The van der Waals surface area contributed by atoms with E-state index in [4.69, 9.17) is 25.8 Å². The lowest BCUT2D eigenvalue weighted by Crippen LogP contribution is -2.08. The van der Waals surface area contributed by atoms with Gasteiger partial charge in [-0.25, -0.2) is 9.78 Å². The summed E-state index contributed by atoms with van der Waals surface area (Å²) in [5.74, 6) is 0.376. The van der Waals surface area contributed by atoms with Gasteiger partial charge in [-0.2, -0.15) is 0 Å². The van der Waals surface area contributed by atoms with Gasteiger partial charge < -0.3 is 14.2 Å². The Hall–Kier alpha value is -1.79. The van der Waals surface area contributed by atoms with Crippen LogP contribution in [0.15, 0.2) is 34.9 Å². The van der Waals surface area contributed by atoms with Crippen molar-refractivity contribution in [2.24, 2.45) is 0 Å². The highest BCUT2D eigenvalue weighted by Gasteiger charge is 2.21. The van der Waals surface area contributed by atoms with E-state index < -0.39 is 5.97 Å². The quantitative estimate of drug-likeness (QED) is 0.577. The fraction of sp³-hybridized carbons (Fsp3) is 0.200. The van der Waals surface area contributed by atoms with Gasteiger partial charge in [0.05, 0.1) is 18.7 Å². The van der Waals surface area contributed by atoms with E-state index in [-0.39, 0.29) is 23.1 Å². The number of methoxy groups -OCH3 is 2. The summed E-state index contributed by atoms with van der Waals surface area (Å²) in [5.41, 5.74) is 1.10. The number of halogens is 2. The summed E-state index contributed by atoms with van der Waals surface area (Å²) in [5, 5.41) is 0.0945. The summed E-state index contributed by atoms with van der Waals surface area (Å²) in [6.45, 7) is 0.228. The number of carbonyl (C=O) groups excluding carboxylic acids is 1. The van der Waals surface area contributed by atoms with Crippen molar-refractivity contribution < 1.29 is 19.0 Å². The van der Waals surface area contributed by atoms with Gasteiger partial charge in [-0.3, -0.25) is 0 Å². The first-order chi connectivity index (χ1) is 10.6. The SMILES string of the molecule is COC(=O)c1c(Br)cnc(Cl)c1OCc1ccc(OC)cc1.